The topological polar surface area (TPSA) is 55.1 Å². The summed E-state index contributed by atoms with van der Waals surface area (Å²) in [6.45, 7) is 2.84. The minimum atomic E-state index is -0.148. The minimum Gasteiger partial charge on any atom is -0.349 e. The molecule has 22 heavy (non-hydrogen) atoms. The van der Waals surface area contributed by atoms with Gasteiger partial charge in [0.1, 0.15) is 5.82 Å². The molecule has 0 saturated carbocycles. The zero-order chi connectivity index (χ0) is 15.9. The van der Waals surface area contributed by atoms with Gasteiger partial charge in [0.15, 0.2) is 0 Å². The minimum absolute atomic E-state index is 0.0593. The number of hydrogen-bond acceptors (Lipinski definition) is 2. The van der Waals surface area contributed by atoms with Gasteiger partial charge >= 0.3 is 0 Å². The largest absolute Gasteiger partial charge is 0.349 e. The summed E-state index contributed by atoms with van der Waals surface area (Å²) in [5.74, 6) is 0.266. The van der Waals surface area contributed by atoms with Gasteiger partial charge in [0, 0.05) is 6.42 Å². The molecular weight excluding hydrogens is 279 g/mol. The van der Waals surface area contributed by atoms with Crippen LogP contribution in [0.1, 0.15) is 62.6 Å². The summed E-state index contributed by atoms with van der Waals surface area (Å²) in [5, 5.41) is 3.11. The van der Waals surface area contributed by atoms with Crippen molar-refractivity contribution in [2.45, 2.75) is 57.9 Å². The van der Waals surface area contributed by atoms with E-state index in [-0.39, 0.29) is 17.8 Å². The maximum atomic E-state index is 13.9. The van der Waals surface area contributed by atoms with Crippen molar-refractivity contribution in [2.24, 2.45) is 11.7 Å². The van der Waals surface area contributed by atoms with Crippen LogP contribution in [0.5, 0.6) is 0 Å². The molecule has 1 aromatic carbocycles. The number of unbranched alkanes of at least 4 members (excludes halogenated alkanes) is 3. The number of nitrogens with two attached hydrogens (primary N) is 1. The van der Waals surface area contributed by atoms with Crippen molar-refractivity contribution >= 4 is 5.91 Å². The van der Waals surface area contributed by atoms with Crippen LogP contribution in [0.15, 0.2) is 18.2 Å². The Morgan fingerprint density at radius 3 is 2.86 bits per heavy atom. The molecule has 1 aliphatic rings. The van der Waals surface area contributed by atoms with Gasteiger partial charge in [-0.25, -0.2) is 4.39 Å². The molecule has 0 fully saturated rings. The molecule has 4 heteroatoms. The number of hydrogen-bond donors (Lipinski definition) is 2. The quantitative estimate of drug-likeness (QED) is 0.758. The van der Waals surface area contributed by atoms with Crippen molar-refractivity contribution in [2.75, 3.05) is 6.54 Å². The van der Waals surface area contributed by atoms with E-state index in [1.807, 2.05) is 6.07 Å². The van der Waals surface area contributed by atoms with Crippen molar-refractivity contribution < 1.29 is 9.18 Å². The molecule has 0 spiro atoms. The molecule has 0 aromatic heterocycles. The summed E-state index contributed by atoms with van der Waals surface area (Å²) in [6, 6.07) is 5.12. The Kier molecular flexibility index (Phi) is 6.37. The van der Waals surface area contributed by atoms with E-state index in [1.165, 1.54) is 6.07 Å². The van der Waals surface area contributed by atoms with Gasteiger partial charge in [-0.3, -0.25) is 4.79 Å². The first-order valence-electron chi connectivity index (χ1n) is 8.40. The van der Waals surface area contributed by atoms with Crippen LogP contribution in [0, 0.1) is 11.7 Å². The van der Waals surface area contributed by atoms with Crippen LogP contribution < -0.4 is 11.1 Å². The summed E-state index contributed by atoms with van der Waals surface area (Å²) >= 11 is 0. The monoisotopic (exact) mass is 306 g/mol. The lowest BCUT2D eigenvalue weighted by molar-refractivity contribution is -0.122. The van der Waals surface area contributed by atoms with E-state index < -0.39 is 0 Å². The number of carbonyl (C=O) groups is 1. The lowest BCUT2D eigenvalue weighted by Crippen LogP contribution is -2.35. The molecule has 0 heterocycles. The summed E-state index contributed by atoms with van der Waals surface area (Å²) in [7, 11) is 0. The van der Waals surface area contributed by atoms with Crippen LogP contribution in [-0.2, 0) is 11.2 Å². The lowest BCUT2D eigenvalue weighted by atomic mass is 9.80. The molecule has 2 atom stereocenters. The van der Waals surface area contributed by atoms with E-state index in [0.717, 1.165) is 49.7 Å². The van der Waals surface area contributed by atoms with Crippen molar-refractivity contribution in [1.82, 2.24) is 5.32 Å². The van der Waals surface area contributed by atoms with Crippen LogP contribution in [-0.4, -0.2) is 12.5 Å². The molecule has 2 unspecified atom stereocenters. The SMILES string of the molecule is CC1CCc2c(F)cccc2C1NC(=O)CCCCCCN. The van der Waals surface area contributed by atoms with E-state index in [0.29, 0.717) is 18.9 Å². The molecule has 0 saturated heterocycles. The predicted octanol–water partition coefficient (Wildman–Crippen LogP) is 3.47. The van der Waals surface area contributed by atoms with Gasteiger partial charge in [-0.15, -0.1) is 0 Å². The van der Waals surface area contributed by atoms with Crippen LogP contribution in [0.2, 0.25) is 0 Å². The molecule has 3 nitrogen and oxygen atoms in total. The van der Waals surface area contributed by atoms with E-state index in [9.17, 15) is 9.18 Å². The first-order chi connectivity index (χ1) is 10.6. The lowest BCUT2D eigenvalue weighted by Gasteiger charge is -2.32. The predicted molar refractivity (Wildman–Crippen MR) is 86.9 cm³/mol. The Morgan fingerprint density at radius 2 is 2.09 bits per heavy atom. The number of amides is 1. The van der Waals surface area contributed by atoms with Gasteiger partial charge in [-0.2, -0.15) is 0 Å². The highest BCUT2D eigenvalue weighted by molar-refractivity contribution is 5.76. The summed E-state index contributed by atoms with van der Waals surface area (Å²) in [5.41, 5.74) is 7.18. The second-order valence-corrected chi connectivity index (χ2v) is 6.32. The van der Waals surface area contributed by atoms with E-state index >= 15 is 0 Å². The molecule has 2 rings (SSSR count). The van der Waals surface area contributed by atoms with Gasteiger partial charge in [0.05, 0.1) is 6.04 Å². The Balaban J connectivity index is 1.92. The third-order valence-electron chi connectivity index (χ3n) is 4.58. The molecule has 0 aliphatic heterocycles. The molecule has 1 aromatic rings. The fourth-order valence-electron chi connectivity index (χ4n) is 3.22. The van der Waals surface area contributed by atoms with Gasteiger partial charge < -0.3 is 11.1 Å². The highest BCUT2D eigenvalue weighted by Gasteiger charge is 2.29. The molecule has 1 amide bonds. The van der Waals surface area contributed by atoms with Gasteiger partial charge in [0.2, 0.25) is 5.91 Å². The standard InChI is InChI=1S/C18H27FN2O/c1-13-10-11-14-15(7-6-8-16(14)19)18(13)21-17(22)9-4-2-3-5-12-20/h6-8,13,18H,2-5,9-12,20H2,1H3,(H,21,22). The first kappa shape index (κ1) is 16.9. The third kappa shape index (κ3) is 4.29. The van der Waals surface area contributed by atoms with Crippen molar-refractivity contribution in [3.63, 3.8) is 0 Å². The second-order valence-electron chi connectivity index (χ2n) is 6.32. The number of rotatable bonds is 7. The Hall–Kier alpha value is -1.42. The number of nitrogens with one attached hydrogen (secondary N) is 1. The summed E-state index contributed by atoms with van der Waals surface area (Å²) < 4.78 is 13.9. The van der Waals surface area contributed by atoms with Crippen LogP contribution in [0.4, 0.5) is 4.39 Å². The van der Waals surface area contributed by atoms with Crippen LogP contribution in [0.25, 0.3) is 0 Å². The number of fused-ring (bicyclic) bond motifs is 1. The van der Waals surface area contributed by atoms with Crippen LogP contribution >= 0.6 is 0 Å². The molecule has 122 valence electrons. The average Bonchev–Trinajstić information content (AvgIpc) is 2.50. The fraction of sp³-hybridized carbons (Fsp3) is 0.611. The van der Waals surface area contributed by atoms with Crippen molar-refractivity contribution in [3.8, 4) is 0 Å². The normalized spacial score (nSPS) is 20.5. The Labute approximate surface area is 132 Å². The highest BCUT2D eigenvalue weighted by Crippen LogP contribution is 2.35. The number of halogens is 1. The Bertz CT molecular complexity index is 504. The fourth-order valence-corrected chi connectivity index (χ4v) is 3.22. The van der Waals surface area contributed by atoms with E-state index in [1.54, 1.807) is 6.07 Å². The average molecular weight is 306 g/mol. The van der Waals surface area contributed by atoms with Crippen molar-refractivity contribution in [3.05, 3.63) is 35.1 Å². The number of carbonyl (C=O) groups excluding carboxylic acids is 1. The van der Waals surface area contributed by atoms with Gasteiger partial charge in [0.25, 0.3) is 0 Å². The zero-order valence-corrected chi connectivity index (χ0v) is 13.4. The highest BCUT2D eigenvalue weighted by atomic mass is 19.1. The smallest absolute Gasteiger partial charge is 0.220 e. The maximum absolute atomic E-state index is 13.9. The molecule has 0 bridgehead atoms. The van der Waals surface area contributed by atoms with E-state index in [4.69, 9.17) is 5.73 Å². The van der Waals surface area contributed by atoms with Gasteiger partial charge in [-0.05, 0) is 55.3 Å². The zero-order valence-electron chi connectivity index (χ0n) is 13.4. The first-order valence-corrected chi connectivity index (χ1v) is 8.40. The second kappa shape index (κ2) is 8.28. The van der Waals surface area contributed by atoms with Crippen LogP contribution in [0.3, 0.4) is 0 Å². The molecule has 0 radical (unpaired) electrons. The summed E-state index contributed by atoms with van der Waals surface area (Å²) in [6.07, 6.45) is 6.24. The number of benzene rings is 1. The Morgan fingerprint density at radius 1 is 1.32 bits per heavy atom. The summed E-state index contributed by atoms with van der Waals surface area (Å²) in [4.78, 5) is 12.2. The molecule has 3 N–H and O–H groups in total. The van der Waals surface area contributed by atoms with E-state index in [2.05, 4.69) is 12.2 Å². The maximum Gasteiger partial charge on any atom is 0.220 e. The molecule has 1 aliphatic carbocycles. The van der Waals surface area contributed by atoms with Gasteiger partial charge in [-0.1, -0.05) is 31.9 Å². The van der Waals surface area contributed by atoms with Crippen molar-refractivity contribution in [1.29, 1.82) is 0 Å². The molecular formula is C18H27FN2O. The third-order valence-corrected chi connectivity index (χ3v) is 4.58.